The molecule has 0 saturated carbocycles. The fourth-order valence-electron chi connectivity index (χ4n) is 8.01. The smallest absolute Gasteiger partial charge is 0.268 e. The van der Waals surface area contributed by atoms with Crippen LogP contribution in [0.3, 0.4) is 0 Å². The lowest BCUT2D eigenvalue weighted by molar-refractivity contribution is -0.870. The maximum absolute atomic E-state index is 12.9. The third kappa shape index (κ3) is 48.6. The van der Waals surface area contributed by atoms with E-state index in [-0.39, 0.29) is 12.5 Å². The number of hydrogen-bond donors (Lipinski definition) is 2. The van der Waals surface area contributed by atoms with Gasteiger partial charge in [-0.15, -0.1) is 0 Å². The van der Waals surface area contributed by atoms with E-state index in [1.165, 1.54) is 193 Å². The molecule has 0 aromatic rings. The van der Waals surface area contributed by atoms with Crippen LogP contribution in [0, 0.1) is 0 Å². The Morgan fingerprint density at radius 3 is 1.27 bits per heavy atom. The number of hydrogen-bond acceptors (Lipinski definition) is 6. The molecule has 0 aromatic carbocycles. The van der Waals surface area contributed by atoms with E-state index >= 15 is 0 Å². The minimum absolute atomic E-state index is 0.00750. The number of unbranched alkanes of at least 4 members (excludes halogenated alkanes) is 33. The largest absolute Gasteiger partial charge is 0.756 e. The van der Waals surface area contributed by atoms with Crippen LogP contribution in [0.4, 0.5) is 0 Å². The number of carbonyl (C=O) groups is 1. The first-order chi connectivity index (χ1) is 31.0. The Morgan fingerprint density at radius 1 is 0.531 bits per heavy atom. The van der Waals surface area contributed by atoms with Crippen LogP contribution < -0.4 is 10.2 Å². The van der Waals surface area contributed by atoms with Gasteiger partial charge in [0.15, 0.2) is 0 Å². The Hall–Kier alpha value is -1.28. The predicted octanol–water partition coefficient (Wildman–Crippen LogP) is 15.6. The number of nitrogens with one attached hydrogen (secondary N) is 1. The summed E-state index contributed by atoms with van der Waals surface area (Å²) in [6.45, 7) is 4.65. The van der Waals surface area contributed by atoms with Gasteiger partial charge in [-0.2, -0.15) is 0 Å². The summed E-state index contributed by atoms with van der Waals surface area (Å²) in [6.07, 6.45) is 59.3. The number of amides is 1. The first-order valence-electron chi connectivity index (χ1n) is 27.4. The van der Waals surface area contributed by atoms with Gasteiger partial charge in [-0.1, -0.05) is 243 Å². The molecule has 0 aliphatic carbocycles. The molecule has 8 nitrogen and oxygen atoms in total. The quantitative estimate of drug-likeness (QED) is 0.0272. The van der Waals surface area contributed by atoms with Gasteiger partial charge in [0, 0.05) is 6.42 Å². The number of likely N-dealkylation sites (N-methyl/N-ethyl adjacent to an activating group) is 1. The van der Waals surface area contributed by atoms with Crippen LogP contribution in [0.25, 0.3) is 0 Å². The molecule has 0 fully saturated rings. The Bertz CT molecular complexity index is 1140. The van der Waals surface area contributed by atoms with Crippen LogP contribution in [0.1, 0.15) is 258 Å². The third-order valence-corrected chi connectivity index (χ3v) is 13.3. The summed E-state index contributed by atoms with van der Waals surface area (Å²) in [7, 11) is 1.24. The lowest BCUT2D eigenvalue weighted by Crippen LogP contribution is -2.45. The van der Waals surface area contributed by atoms with Crippen molar-refractivity contribution in [2.45, 2.75) is 270 Å². The molecule has 0 aliphatic heterocycles. The number of phosphoric ester groups is 1. The minimum Gasteiger partial charge on any atom is -0.756 e. The summed E-state index contributed by atoms with van der Waals surface area (Å²) in [5, 5.41) is 13.8. The van der Waals surface area contributed by atoms with Crippen molar-refractivity contribution in [3.8, 4) is 0 Å². The van der Waals surface area contributed by atoms with Gasteiger partial charge in [-0.25, -0.2) is 0 Å². The molecule has 9 heteroatoms. The molecule has 0 rings (SSSR count). The molecule has 0 aromatic heterocycles. The highest BCUT2D eigenvalue weighted by molar-refractivity contribution is 7.45. The lowest BCUT2D eigenvalue weighted by atomic mass is 10.0. The van der Waals surface area contributed by atoms with E-state index in [4.69, 9.17) is 9.05 Å². The monoisotopic (exact) mass is 923 g/mol. The zero-order valence-corrected chi connectivity index (χ0v) is 43.9. The number of aliphatic hydroxyl groups excluding tert-OH is 1. The van der Waals surface area contributed by atoms with Crippen molar-refractivity contribution >= 4 is 13.7 Å². The molecular formula is C55H107N2O6P. The number of carbonyl (C=O) groups excluding carboxylic acids is 1. The zero-order valence-electron chi connectivity index (χ0n) is 43.0. The highest BCUT2D eigenvalue weighted by Crippen LogP contribution is 2.38. The molecule has 64 heavy (non-hydrogen) atoms. The van der Waals surface area contributed by atoms with Gasteiger partial charge in [0.05, 0.1) is 39.9 Å². The van der Waals surface area contributed by atoms with Crippen molar-refractivity contribution in [3.63, 3.8) is 0 Å². The number of nitrogens with zero attached hydrogens (tertiary/aromatic N) is 1. The maximum Gasteiger partial charge on any atom is 0.268 e. The van der Waals surface area contributed by atoms with E-state index in [0.717, 1.165) is 44.9 Å². The van der Waals surface area contributed by atoms with Crippen molar-refractivity contribution in [2.75, 3.05) is 40.9 Å². The normalized spacial score (nSPS) is 14.3. The van der Waals surface area contributed by atoms with Crippen LogP contribution >= 0.6 is 7.82 Å². The summed E-state index contributed by atoms with van der Waals surface area (Å²) in [4.78, 5) is 25.4. The van der Waals surface area contributed by atoms with Crippen molar-refractivity contribution in [2.24, 2.45) is 0 Å². The summed E-state index contributed by atoms with van der Waals surface area (Å²) in [6, 6.07) is -0.907. The average molecular weight is 923 g/mol. The van der Waals surface area contributed by atoms with E-state index in [2.05, 4.69) is 43.5 Å². The van der Waals surface area contributed by atoms with Gasteiger partial charge in [-0.3, -0.25) is 9.36 Å². The Kier molecular flexibility index (Phi) is 45.9. The molecule has 0 radical (unpaired) electrons. The Labute approximate surface area is 397 Å². The topological polar surface area (TPSA) is 108 Å². The standard InChI is InChI=1S/C55H107N2O6P/c1-6-8-10-12-14-16-18-20-22-24-25-26-27-28-29-30-31-33-34-36-38-40-42-44-46-48-54(58)53(52-63-64(60,61)62-51-50-57(3,4)5)56-55(59)49-47-45-43-41-39-37-35-32-23-21-19-17-15-13-11-9-7-2/h31,33,38,40,46,48,53-54,58H,6-30,32,34-37,39,41-45,47,49-52H2,1-5H3,(H-,56,59,60,61)/b33-31+,40-38+,48-46+. The second kappa shape index (κ2) is 46.8. The maximum atomic E-state index is 12.9. The third-order valence-electron chi connectivity index (χ3n) is 12.3. The average Bonchev–Trinajstić information content (AvgIpc) is 3.25. The summed E-state index contributed by atoms with van der Waals surface area (Å²) in [5.74, 6) is -0.208. The second-order valence-electron chi connectivity index (χ2n) is 19.9. The van der Waals surface area contributed by atoms with Crippen molar-refractivity contribution < 1.29 is 32.9 Å². The SMILES string of the molecule is CCCCCCCCCCCCCCCCC/C=C/CC/C=C/CC/C=C/C(O)C(COP(=O)([O-])OCC[N+](C)(C)C)NC(=O)CCCCCCCCCCCCCCCCCCC. The molecule has 2 N–H and O–H groups in total. The fourth-order valence-corrected chi connectivity index (χ4v) is 8.73. The molecule has 1 amide bonds. The number of phosphoric acid groups is 1. The van der Waals surface area contributed by atoms with Crippen molar-refractivity contribution in [1.29, 1.82) is 0 Å². The molecule has 0 heterocycles. The van der Waals surface area contributed by atoms with Gasteiger partial charge < -0.3 is 28.8 Å². The zero-order chi connectivity index (χ0) is 47.1. The molecule has 3 atom stereocenters. The second-order valence-corrected chi connectivity index (χ2v) is 21.3. The van der Waals surface area contributed by atoms with Crippen LogP contribution in [-0.2, 0) is 18.4 Å². The highest BCUT2D eigenvalue weighted by Gasteiger charge is 2.23. The fraction of sp³-hybridized carbons (Fsp3) is 0.873. The lowest BCUT2D eigenvalue weighted by Gasteiger charge is -2.29. The highest BCUT2D eigenvalue weighted by atomic mass is 31.2. The summed E-state index contributed by atoms with van der Waals surface area (Å²) in [5.41, 5.74) is 0. The first kappa shape index (κ1) is 62.7. The van der Waals surface area contributed by atoms with E-state index in [0.29, 0.717) is 17.4 Å². The van der Waals surface area contributed by atoms with Gasteiger partial charge in [0.25, 0.3) is 7.82 Å². The van der Waals surface area contributed by atoms with E-state index < -0.39 is 26.6 Å². The number of rotatable bonds is 50. The van der Waals surface area contributed by atoms with Crippen LogP contribution in [0.15, 0.2) is 36.5 Å². The molecule has 378 valence electrons. The minimum atomic E-state index is -4.60. The Morgan fingerprint density at radius 2 is 0.875 bits per heavy atom. The van der Waals surface area contributed by atoms with E-state index in [9.17, 15) is 19.4 Å². The molecular weight excluding hydrogens is 816 g/mol. The van der Waals surface area contributed by atoms with Gasteiger partial charge in [0.2, 0.25) is 5.91 Å². The van der Waals surface area contributed by atoms with Crippen LogP contribution in [0.2, 0.25) is 0 Å². The van der Waals surface area contributed by atoms with E-state index in [1.54, 1.807) is 6.08 Å². The molecule has 0 aliphatic rings. The summed E-state index contributed by atoms with van der Waals surface area (Å²) < 4.78 is 23.3. The number of aliphatic hydroxyl groups is 1. The first-order valence-corrected chi connectivity index (χ1v) is 28.8. The summed E-state index contributed by atoms with van der Waals surface area (Å²) >= 11 is 0. The Balaban J connectivity index is 4.31. The molecule has 0 spiro atoms. The van der Waals surface area contributed by atoms with Crippen LogP contribution in [0.5, 0.6) is 0 Å². The molecule has 0 saturated heterocycles. The van der Waals surface area contributed by atoms with Crippen LogP contribution in [-0.4, -0.2) is 68.5 Å². The van der Waals surface area contributed by atoms with Crippen molar-refractivity contribution in [1.82, 2.24) is 5.32 Å². The van der Waals surface area contributed by atoms with Gasteiger partial charge in [0.1, 0.15) is 13.2 Å². The number of allylic oxidation sites excluding steroid dienone is 5. The van der Waals surface area contributed by atoms with Crippen molar-refractivity contribution in [3.05, 3.63) is 36.5 Å². The van der Waals surface area contributed by atoms with Gasteiger partial charge >= 0.3 is 0 Å². The predicted molar refractivity (Wildman–Crippen MR) is 275 cm³/mol. The number of quaternary nitrogens is 1. The molecule has 0 bridgehead atoms. The van der Waals surface area contributed by atoms with Gasteiger partial charge in [-0.05, 0) is 44.9 Å². The van der Waals surface area contributed by atoms with E-state index in [1.807, 2.05) is 27.2 Å². The molecule has 3 unspecified atom stereocenters.